The van der Waals surface area contributed by atoms with Gasteiger partial charge in [0.25, 0.3) is 5.91 Å². The molecule has 1 heterocycles. The van der Waals surface area contributed by atoms with Crippen LogP contribution in [-0.4, -0.2) is 39.2 Å². The van der Waals surface area contributed by atoms with Crippen LogP contribution in [0.4, 0.5) is 8.78 Å². The highest BCUT2D eigenvalue weighted by Gasteiger charge is 2.19. The zero-order valence-corrected chi connectivity index (χ0v) is 16.3. The molecule has 0 radical (unpaired) electrons. The fourth-order valence-corrected chi connectivity index (χ4v) is 3.07. The number of benzene rings is 2. The number of halogens is 3. The molecule has 0 spiro atoms. The first kappa shape index (κ1) is 20.9. The third-order valence-corrected chi connectivity index (χ3v) is 4.82. The van der Waals surface area contributed by atoms with Crippen molar-refractivity contribution in [1.82, 2.24) is 20.3 Å². The Morgan fingerprint density at radius 2 is 2.00 bits per heavy atom. The highest BCUT2D eigenvalue weighted by molar-refractivity contribution is 6.30. The van der Waals surface area contributed by atoms with E-state index in [9.17, 15) is 18.7 Å². The van der Waals surface area contributed by atoms with Crippen molar-refractivity contribution in [2.24, 2.45) is 5.92 Å². The van der Waals surface area contributed by atoms with Gasteiger partial charge in [-0.25, -0.2) is 13.5 Å². The molecule has 1 aromatic heterocycles. The van der Waals surface area contributed by atoms with Crippen LogP contribution in [-0.2, 0) is 6.42 Å². The van der Waals surface area contributed by atoms with Crippen molar-refractivity contribution in [2.45, 2.75) is 13.3 Å². The molecule has 2 aromatic carbocycles. The fourth-order valence-electron chi connectivity index (χ4n) is 2.90. The molecule has 1 amide bonds. The molecule has 6 nitrogen and oxygen atoms in total. The Labute approximate surface area is 171 Å². The second-order valence-electron chi connectivity index (χ2n) is 6.59. The highest BCUT2D eigenvalue weighted by Crippen LogP contribution is 2.20. The number of rotatable bonds is 7. The number of aromatic nitrogens is 3. The summed E-state index contributed by atoms with van der Waals surface area (Å²) in [5, 5.41) is 20.0. The van der Waals surface area contributed by atoms with E-state index in [1.807, 2.05) is 0 Å². The zero-order chi connectivity index (χ0) is 21.0. The molecule has 0 saturated carbocycles. The lowest BCUT2D eigenvalue weighted by Gasteiger charge is -2.15. The molecule has 0 aliphatic carbocycles. The van der Waals surface area contributed by atoms with Crippen LogP contribution in [0.2, 0.25) is 5.02 Å². The quantitative estimate of drug-likeness (QED) is 0.615. The minimum atomic E-state index is -0.559. The van der Waals surface area contributed by atoms with Crippen LogP contribution in [0.15, 0.2) is 42.5 Å². The van der Waals surface area contributed by atoms with Gasteiger partial charge in [0.1, 0.15) is 11.6 Å². The summed E-state index contributed by atoms with van der Waals surface area (Å²) in [6, 6.07) is 10.4. The molecular weight excluding hydrogens is 402 g/mol. The molecule has 2 N–H and O–H groups in total. The number of hydrogen-bond acceptors (Lipinski definition) is 4. The first-order valence-electron chi connectivity index (χ1n) is 8.91. The Balaban J connectivity index is 1.68. The van der Waals surface area contributed by atoms with Gasteiger partial charge in [0.15, 0.2) is 5.69 Å². The van der Waals surface area contributed by atoms with E-state index in [0.717, 1.165) is 0 Å². The maximum atomic E-state index is 13.8. The molecule has 9 heteroatoms. The highest BCUT2D eigenvalue weighted by atomic mass is 35.5. The number of nitrogens with one attached hydrogen (secondary N) is 1. The number of amides is 1. The van der Waals surface area contributed by atoms with E-state index in [4.69, 9.17) is 11.6 Å². The average molecular weight is 421 g/mol. The van der Waals surface area contributed by atoms with E-state index in [1.54, 1.807) is 25.1 Å². The average Bonchev–Trinajstić information content (AvgIpc) is 3.10. The first-order valence-corrected chi connectivity index (χ1v) is 9.28. The molecule has 0 aliphatic heterocycles. The van der Waals surface area contributed by atoms with Crippen LogP contribution in [0.3, 0.4) is 0 Å². The van der Waals surface area contributed by atoms with Crippen molar-refractivity contribution in [3.63, 3.8) is 0 Å². The lowest BCUT2D eigenvalue weighted by Crippen LogP contribution is -2.32. The van der Waals surface area contributed by atoms with Gasteiger partial charge in [0, 0.05) is 19.1 Å². The van der Waals surface area contributed by atoms with Crippen molar-refractivity contribution < 1.29 is 18.7 Å². The van der Waals surface area contributed by atoms with Gasteiger partial charge in [0.2, 0.25) is 0 Å². The van der Waals surface area contributed by atoms with E-state index in [1.165, 1.54) is 28.9 Å². The third-order valence-electron chi connectivity index (χ3n) is 4.53. The predicted octanol–water partition coefficient (Wildman–Crippen LogP) is 3.09. The summed E-state index contributed by atoms with van der Waals surface area (Å²) in [5.74, 6) is -1.75. The van der Waals surface area contributed by atoms with Gasteiger partial charge in [-0.2, -0.15) is 0 Å². The summed E-state index contributed by atoms with van der Waals surface area (Å²) in [7, 11) is 0. The van der Waals surface area contributed by atoms with E-state index in [2.05, 4.69) is 15.6 Å². The molecule has 3 rings (SSSR count). The summed E-state index contributed by atoms with van der Waals surface area (Å²) < 4.78 is 28.5. The lowest BCUT2D eigenvalue weighted by molar-refractivity contribution is 0.0934. The Kier molecular flexibility index (Phi) is 6.56. The van der Waals surface area contributed by atoms with Crippen LogP contribution in [0.1, 0.15) is 21.7 Å². The van der Waals surface area contributed by atoms with Crippen molar-refractivity contribution >= 4 is 17.5 Å². The first-order chi connectivity index (χ1) is 13.9. The van der Waals surface area contributed by atoms with Crippen molar-refractivity contribution in [3.05, 3.63) is 76.1 Å². The summed E-state index contributed by atoms with van der Waals surface area (Å²) >= 11 is 5.80. The molecule has 1 unspecified atom stereocenters. The van der Waals surface area contributed by atoms with Crippen LogP contribution < -0.4 is 5.32 Å². The molecule has 0 aliphatic rings. The smallest absolute Gasteiger partial charge is 0.273 e. The van der Waals surface area contributed by atoms with Gasteiger partial charge in [-0.05, 0) is 43.2 Å². The van der Waals surface area contributed by atoms with E-state index in [-0.39, 0.29) is 42.0 Å². The number of aliphatic hydroxyl groups excluding tert-OH is 1. The topological polar surface area (TPSA) is 80.0 Å². The van der Waals surface area contributed by atoms with Crippen molar-refractivity contribution in [2.75, 3.05) is 13.2 Å². The summed E-state index contributed by atoms with van der Waals surface area (Å²) in [4.78, 5) is 12.5. The zero-order valence-electron chi connectivity index (χ0n) is 15.6. The van der Waals surface area contributed by atoms with Gasteiger partial charge < -0.3 is 10.4 Å². The monoisotopic (exact) mass is 420 g/mol. The Bertz CT molecular complexity index is 1030. The fraction of sp³-hybridized carbons (Fsp3) is 0.250. The number of carbonyl (C=O) groups is 1. The Morgan fingerprint density at radius 1 is 1.24 bits per heavy atom. The molecule has 0 fully saturated rings. The summed E-state index contributed by atoms with van der Waals surface area (Å²) in [6.07, 6.45) is 0.281. The number of nitrogens with zero attached hydrogens (tertiary/aromatic N) is 3. The lowest BCUT2D eigenvalue weighted by atomic mass is 9.99. The predicted molar refractivity (Wildman–Crippen MR) is 104 cm³/mol. The van der Waals surface area contributed by atoms with Crippen LogP contribution >= 0.6 is 11.6 Å². The van der Waals surface area contributed by atoms with Crippen LogP contribution in [0, 0.1) is 24.5 Å². The van der Waals surface area contributed by atoms with E-state index in [0.29, 0.717) is 16.9 Å². The van der Waals surface area contributed by atoms with Gasteiger partial charge in [-0.15, -0.1) is 5.10 Å². The SMILES string of the molecule is Cc1c(C(=O)NCC(CO)Cc2ccccc2F)nnn1-c1ccc(F)c(Cl)c1. The second kappa shape index (κ2) is 9.11. The number of aliphatic hydroxyl groups is 1. The van der Waals surface area contributed by atoms with E-state index >= 15 is 0 Å². The molecule has 0 bridgehead atoms. The van der Waals surface area contributed by atoms with Crippen LogP contribution in [0.25, 0.3) is 5.69 Å². The van der Waals surface area contributed by atoms with E-state index < -0.39 is 11.7 Å². The summed E-state index contributed by atoms with van der Waals surface area (Å²) in [6.45, 7) is 1.57. The minimum absolute atomic E-state index is 0.0673. The second-order valence-corrected chi connectivity index (χ2v) is 7.00. The van der Waals surface area contributed by atoms with Gasteiger partial charge in [-0.3, -0.25) is 4.79 Å². The molecule has 152 valence electrons. The van der Waals surface area contributed by atoms with Crippen molar-refractivity contribution in [3.8, 4) is 5.69 Å². The van der Waals surface area contributed by atoms with Gasteiger partial charge in [0.05, 0.1) is 16.4 Å². The molecule has 1 atom stereocenters. The Morgan fingerprint density at radius 3 is 2.69 bits per heavy atom. The maximum absolute atomic E-state index is 13.8. The van der Waals surface area contributed by atoms with Crippen molar-refractivity contribution in [1.29, 1.82) is 0 Å². The maximum Gasteiger partial charge on any atom is 0.273 e. The van der Waals surface area contributed by atoms with Crippen LogP contribution in [0.5, 0.6) is 0 Å². The Hall–Kier alpha value is -2.84. The normalized spacial score (nSPS) is 12.0. The molecular formula is C20H19ClF2N4O2. The molecule has 0 saturated heterocycles. The number of carbonyl (C=O) groups excluding carboxylic acids is 1. The standard InChI is InChI=1S/C20H19ClF2N4O2/c1-12-19(25-26-27(12)15-6-7-18(23)16(21)9-15)20(29)24-10-13(11-28)8-14-4-2-3-5-17(14)22/h2-7,9,13,28H,8,10-11H2,1H3,(H,24,29). The summed E-state index contributed by atoms with van der Waals surface area (Å²) in [5.41, 5.74) is 1.47. The van der Waals surface area contributed by atoms with Gasteiger partial charge in [-0.1, -0.05) is 35.0 Å². The largest absolute Gasteiger partial charge is 0.396 e. The minimum Gasteiger partial charge on any atom is -0.396 e. The molecule has 3 aromatic rings. The van der Waals surface area contributed by atoms with Gasteiger partial charge >= 0.3 is 0 Å². The third kappa shape index (κ3) is 4.78. The molecule has 29 heavy (non-hydrogen) atoms. The number of hydrogen-bond donors (Lipinski definition) is 2.